The van der Waals surface area contributed by atoms with Gasteiger partial charge in [0.15, 0.2) is 0 Å². The Balaban J connectivity index is 1.25. The molecule has 0 amide bonds. The Morgan fingerprint density at radius 1 is 1.02 bits per heavy atom. The van der Waals surface area contributed by atoms with E-state index in [1.807, 2.05) is 53.5 Å². The van der Waals surface area contributed by atoms with Crippen LogP contribution in [0.2, 0.25) is 10.0 Å². The summed E-state index contributed by atoms with van der Waals surface area (Å²) in [5, 5.41) is 20.7. The lowest BCUT2D eigenvalue weighted by molar-refractivity contribution is 0.464. The average Bonchev–Trinajstić information content (AvgIpc) is 3.71. The van der Waals surface area contributed by atoms with Gasteiger partial charge in [0.1, 0.15) is 11.3 Å². The van der Waals surface area contributed by atoms with Crippen LogP contribution in [0.4, 0.5) is 5.13 Å². The molecule has 0 radical (unpaired) electrons. The highest BCUT2D eigenvalue weighted by Crippen LogP contribution is 2.48. The number of aromatic hydroxyl groups is 1. The third-order valence-corrected chi connectivity index (χ3v) is 10.6. The number of phenolic OH excluding ortho intramolecular Hbond substituents is 1. The standard InChI is InChI=1S/C38H35Cl2N3O3S/c1-2-3-4-5-7-25-19-27-20-31(37(45)46-33(27)21-32(25)44)34-22-41-38(47-34)43-36(24-12-16-29(40)17-13-24)30-9-6-8-26(35(30)42-43)18-23-10-14-28(39)15-11-23/h10-22,30,36,44H,2-9H2,1H3/b26-18+/t30-,36+/m1/s1. The lowest BCUT2D eigenvalue weighted by Crippen LogP contribution is -2.28. The third-order valence-electron chi connectivity index (χ3n) is 9.11. The minimum atomic E-state index is -0.466. The van der Waals surface area contributed by atoms with E-state index in [-0.39, 0.29) is 17.7 Å². The zero-order chi connectivity index (χ0) is 32.5. The predicted octanol–water partition coefficient (Wildman–Crippen LogP) is 10.9. The Kier molecular flexibility index (Phi) is 9.22. The van der Waals surface area contributed by atoms with Crippen molar-refractivity contribution >= 4 is 62.4 Å². The molecule has 3 heterocycles. The maximum Gasteiger partial charge on any atom is 0.345 e. The Morgan fingerprint density at radius 3 is 2.55 bits per heavy atom. The largest absolute Gasteiger partial charge is 0.508 e. The number of rotatable bonds is 9. The van der Waals surface area contributed by atoms with Crippen LogP contribution in [-0.2, 0) is 6.42 Å². The molecule has 1 aliphatic carbocycles. The number of hydrazone groups is 1. The van der Waals surface area contributed by atoms with Crippen molar-refractivity contribution in [1.29, 1.82) is 0 Å². The number of anilines is 1. The molecule has 0 saturated heterocycles. The van der Waals surface area contributed by atoms with Crippen LogP contribution < -0.4 is 10.6 Å². The summed E-state index contributed by atoms with van der Waals surface area (Å²) < 4.78 is 5.71. The SMILES string of the molecule is CCCCCCc1cc2cc(-c3cnc(N4N=C5/C(=C/c6ccc(Cl)cc6)CCC[C@H]5[C@@H]4c4ccc(Cl)cc4)s3)c(=O)oc2cc1O. The van der Waals surface area contributed by atoms with Gasteiger partial charge in [-0.1, -0.05) is 85.0 Å². The number of phenols is 1. The molecule has 1 aliphatic heterocycles. The summed E-state index contributed by atoms with van der Waals surface area (Å²) in [5.74, 6) is 0.335. The second-order valence-corrected chi connectivity index (χ2v) is 14.2. The van der Waals surface area contributed by atoms with Crippen LogP contribution in [0.5, 0.6) is 5.75 Å². The van der Waals surface area contributed by atoms with Gasteiger partial charge in [0, 0.05) is 33.6 Å². The van der Waals surface area contributed by atoms with Gasteiger partial charge in [-0.15, -0.1) is 0 Å². The fourth-order valence-electron chi connectivity index (χ4n) is 6.72. The van der Waals surface area contributed by atoms with Gasteiger partial charge >= 0.3 is 5.63 Å². The molecule has 240 valence electrons. The second kappa shape index (κ2) is 13.7. The molecule has 1 saturated carbocycles. The molecule has 3 aromatic carbocycles. The van der Waals surface area contributed by atoms with Crippen molar-refractivity contribution in [2.24, 2.45) is 11.0 Å². The van der Waals surface area contributed by atoms with Gasteiger partial charge < -0.3 is 9.52 Å². The summed E-state index contributed by atoms with van der Waals surface area (Å²) in [6.07, 6.45) is 12.2. The summed E-state index contributed by atoms with van der Waals surface area (Å²) in [6.45, 7) is 2.18. The van der Waals surface area contributed by atoms with Crippen LogP contribution in [0.15, 0.2) is 92.8 Å². The van der Waals surface area contributed by atoms with E-state index in [1.165, 1.54) is 23.3 Å². The van der Waals surface area contributed by atoms with E-state index in [4.69, 9.17) is 37.7 Å². The van der Waals surface area contributed by atoms with Crippen molar-refractivity contribution in [3.63, 3.8) is 0 Å². The highest BCUT2D eigenvalue weighted by atomic mass is 35.5. The fourth-order valence-corrected chi connectivity index (χ4v) is 7.88. The van der Waals surface area contributed by atoms with Crippen LogP contribution in [-0.4, -0.2) is 15.8 Å². The van der Waals surface area contributed by atoms with E-state index < -0.39 is 5.63 Å². The summed E-state index contributed by atoms with van der Waals surface area (Å²) in [4.78, 5) is 18.7. The molecule has 2 aromatic heterocycles. The molecular formula is C38H35Cl2N3O3S. The van der Waals surface area contributed by atoms with Gasteiger partial charge in [0.25, 0.3) is 0 Å². The maximum atomic E-state index is 13.2. The van der Waals surface area contributed by atoms with Crippen molar-refractivity contribution in [3.05, 3.63) is 116 Å². The zero-order valence-electron chi connectivity index (χ0n) is 26.1. The minimum absolute atomic E-state index is 0.0681. The number of allylic oxidation sites excluding steroid dienone is 1. The van der Waals surface area contributed by atoms with Crippen molar-refractivity contribution in [2.45, 2.75) is 64.3 Å². The highest BCUT2D eigenvalue weighted by molar-refractivity contribution is 7.18. The summed E-state index contributed by atoms with van der Waals surface area (Å²) in [7, 11) is 0. The second-order valence-electron chi connectivity index (χ2n) is 12.3. The number of halogens is 2. The Bertz CT molecular complexity index is 2030. The van der Waals surface area contributed by atoms with Crippen molar-refractivity contribution in [3.8, 4) is 16.2 Å². The topological polar surface area (TPSA) is 78.9 Å². The Labute approximate surface area is 288 Å². The third kappa shape index (κ3) is 6.62. The first-order valence-electron chi connectivity index (χ1n) is 16.2. The monoisotopic (exact) mass is 683 g/mol. The number of nitrogens with zero attached hydrogens (tertiary/aromatic N) is 3. The number of benzene rings is 3. The molecule has 0 bridgehead atoms. The maximum absolute atomic E-state index is 13.2. The lowest BCUT2D eigenvalue weighted by Gasteiger charge is -2.29. The van der Waals surface area contributed by atoms with Crippen LogP contribution in [0.3, 0.4) is 0 Å². The van der Waals surface area contributed by atoms with Gasteiger partial charge in [0.2, 0.25) is 5.13 Å². The lowest BCUT2D eigenvalue weighted by atomic mass is 9.77. The molecule has 1 fully saturated rings. The molecule has 0 spiro atoms. The van der Waals surface area contributed by atoms with Crippen LogP contribution in [0.1, 0.15) is 74.6 Å². The fraction of sp³-hybridized carbons (Fsp3) is 0.289. The van der Waals surface area contributed by atoms with E-state index in [0.29, 0.717) is 31.2 Å². The number of aromatic nitrogens is 1. The van der Waals surface area contributed by atoms with Crippen LogP contribution in [0.25, 0.3) is 27.5 Å². The quantitative estimate of drug-likeness (QED) is 0.123. The number of aryl methyl sites for hydroxylation is 1. The van der Waals surface area contributed by atoms with Crippen molar-refractivity contribution < 1.29 is 9.52 Å². The number of hydrogen-bond acceptors (Lipinski definition) is 7. The van der Waals surface area contributed by atoms with Gasteiger partial charge in [-0.3, -0.25) is 0 Å². The Hall–Kier alpha value is -3.91. The predicted molar refractivity (Wildman–Crippen MR) is 194 cm³/mol. The molecular weight excluding hydrogens is 649 g/mol. The summed E-state index contributed by atoms with van der Waals surface area (Å²) >= 11 is 13.9. The zero-order valence-corrected chi connectivity index (χ0v) is 28.4. The highest BCUT2D eigenvalue weighted by Gasteiger charge is 2.43. The first-order valence-corrected chi connectivity index (χ1v) is 17.8. The molecule has 2 atom stereocenters. The number of fused-ring (bicyclic) bond motifs is 2. The van der Waals surface area contributed by atoms with E-state index >= 15 is 0 Å². The molecule has 1 N–H and O–H groups in total. The van der Waals surface area contributed by atoms with E-state index in [0.717, 1.165) is 72.7 Å². The van der Waals surface area contributed by atoms with Gasteiger partial charge in [-0.2, -0.15) is 5.10 Å². The smallest absolute Gasteiger partial charge is 0.345 e. The molecule has 47 heavy (non-hydrogen) atoms. The summed E-state index contributed by atoms with van der Waals surface area (Å²) in [5.41, 5.74) is 5.69. The van der Waals surface area contributed by atoms with E-state index in [2.05, 4.69) is 25.1 Å². The van der Waals surface area contributed by atoms with Gasteiger partial charge in [0.05, 0.1) is 22.2 Å². The van der Waals surface area contributed by atoms with E-state index in [9.17, 15) is 9.90 Å². The Morgan fingerprint density at radius 2 is 1.79 bits per heavy atom. The molecule has 6 nitrogen and oxygen atoms in total. The number of unbranched alkanes of at least 4 members (excludes halogenated alkanes) is 3. The van der Waals surface area contributed by atoms with Crippen LogP contribution in [0, 0.1) is 5.92 Å². The summed E-state index contributed by atoms with van der Waals surface area (Å²) in [6, 6.07) is 21.1. The molecule has 0 unspecified atom stereocenters. The van der Waals surface area contributed by atoms with Crippen LogP contribution >= 0.6 is 34.5 Å². The molecule has 2 aliphatic rings. The number of thiazole rings is 1. The first-order chi connectivity index (χ1) is 22.9. The average molecular weight is 685 g/mol. The first kappa shape index (κ1) is 31.7. The minimum Gasteiger partial charge on any atom is -0.508 e. The van der Waals surface area contributed by atoms with Gasteiger partial charge in [-0.05, 0) is 96.8 Å². The molecule has 9 heteroatoms. The van der Waals surface area contributed by atoms with Crippen molar-refractivity contribution in [1.82, 2.24) is 4.98 Å². The molecule has 5 aromatic rings. The molecule has 7 rings (SSSR count). The number of hydrogen-bond donors (Lipinski definition) is 1. The van der Waals surface area contributed by atoms with E-state index in [1.54, 1.807) is 12.3 Å². The normalized spacial score (nSPS) is 18.6. The van der Waals surface area contributed by atoms with Crippen molar-refractivity contribution in [2.75, 3.05) is 5.01 Å². The van der Waals surface area contributed by atoms with Gasteiger partial charge in [-0.25, -0.2) is 14.8 Å².